The van der Waals surface area contributed by atoms with Crippen molar-refractivity contribution in [3.63, 3.8) is 0 Å². The zero-order valence-electron chi connectivity index (χ0n) is 15.3. The number of nitrogens with two attached hydrogens (primary N) is 1. The number of fused-ring (bicyclic) bond motifs is 4. The summed E-state index contributed by atoms with van der Waals surface area (Å²) in [5, 5.41) is 1.42. The Balaban J connectivity index is 1.63. The second-order valence-corrected chi connectivity index (χ2v) is 8.17. The topological polar surface area (TPSA) is 77.3 Å². The van der Waals surface area contributed by atoms with Crippen LogP contribution in [0.5, 0.6) is 0 Å². The lowest BCUT2D eigenvalue weighted by atomic mass is 9.71. The monoisotopic (exact) mass is 358 g/mol. The van der Waals surface area contributed by atoms with Crippen LogP contribution in [0.4, 0.5) is 5.69 Å². The van der Waals surface area contributed by atoms with E-state index < -0.39 is 5.41 Å². The van der Waals surface area contributed by atoms with Crippen LogP contribution in [0.25, 0.3) is 0 Å². The zero-order chi connectivity index (χ0) is 18.1. The van der Waals surface area contributed by atoms with Crippen molar-refractivity contribution in [1.82, 2.24) is 0 Å². The molecule has 4 aliphatic heterocycles. The molecule has 0 aromatic heterocycles. The lowest BCUT2D eigenvalue weighted by molar-refractivity contribution is -0.139. The Morgan fingerprint density at radius 2 is 2.15 bits per heavy atom. The zero-order valence-corrected chi connectivity index (χ0v) is 15.3. The van der Waals surface area contributed by atoms with Crippen LogP contribution in [0.3, 0.4) is 0 Å². The highest BCUT2D eigenvalue weighted by Gasteiger charge is 2.65. The summed E-state index contributed by atoms with van der Waals surface area (Å²) in [5.41, 5.74) is 7.66. The number of benzene rings is 1. The minimum absolute atomic E-state index is 0.0507. The molecule has 1 aromatic rings. The minimum atomic E-state index is -0.765. The van der Waals surface area contributed by atoms with E-state index in [4.69, 9.17) is 20.0 Å². The van der Waals surface area contributed by atoms with Gasteiger partial charge in [0.25, 0.3) is 5.91 Å². The summed E-state index contributed by atoms with van der Waals surface area (Å²) >= 11 is 0. The van der Waals surface area contributed by atoms with Gasteiger partial charge in [-0.1, -0.05) is 25.1 Å². The van der Waals surface area contributed by atoms with Gasteiger partial charge in [0, 0.05) is 12.0 Å². The third-order valence-electron chi connectivity index (χ3n) is 7.27. The highest BCUT2D eigenvalue weighted by atomic mass is 16.7. The van der Waals surface area contributed by atoms with Crippen LogP contribution in [0.2, 0.25) is 0 Å². The van der Waals surface area contributed by atoms with Gasteiger partial charge in [0.1, 0.15) is 5.41 Å². The number of carbonyl (C=O) groups is 1. The number of rotatable bonds is 3. The molecule has 6 heteroatoms. The van der Waals surface area contributed by atoms with Crippen molar-refractivity contribution in [3.8, 4) is 0 Å². The molecule has 1 spiro atoms. The maximum Gasteiger partial charge on any atom is 0.264 e. The molecule has 4 heterocycles. The number of hydrogen-bond acceptors (Lipinski definition) is 5. The van der Waals surface area contributed by atoms with Crippen LogP contribution in [0, 0.1) is 11.8 Å². The number of hydrogen-bond donors (Lipinski definition) is 1. The van der Waals surface area contributed by atoms with E-state index in [1.165, 1.54) is 12.2 Å². The van der Waals surface area contributed by atoms with Crippen LogP contribution in [-0.4, -0.2) is 44.0 Å². The first kappa shape index (κ1) is 16.7. The van der Waals surface area contributed by atoms with Crippen LogP contribution >= 0.6 is 0 Å². The molecular formula is C20H26N2O4. The van der Waals surface area contributed by atoms with E-state index in [-0.39, 0.29) is 29.6 Å². The SMILES string of the molecule is CC[C@]1([C@@H]2C[C@@H]3OC[C@@H]2[C@@H](N)C[C@@]32C(=O)N(OC)c3ccccc32)CO1. The van der Waals surface area contributed by atoms with E-state index in [0.29, 0.717) is 18.9 Å². The fourth-order valence-corrected chi connectivity index (χ4v) is 5.74. The number of carbonyl (C=O) groups excluding carboxylic acids is 1. The van der Waals surface area contributed by atoms with Gasteiger partial charge >= 0.3 is 0 Å². The summed E-state index contributed by atoms with van der Waals surface area (Å²) in [6, 6.07) is 7.76. The van der Waals surface area contributed by atoms with Gasteiger partial charge in [-0.25, -0.2) is 0 Å². The molecule has 4 fully saturated rings. The standard InChI is InChI=1S/C20H26N2O4/c1-3-19(11-26-19)14-8-17-20(9-15(21)12(14)10-25-17)13-6-4-5-7-16(13)22(24-2)18(20)23/h4-7,12,14-15,17H,3,8-11,21H2,1-2H3/t12-,14+,15-,17-,19+,20-/m0/s1. The average Bonchev–Trinajstić information content (AvgIpc) is 3.45. The van der Waals surface area contributed by atoms with E-state index in [0.717, 1.165) is 30.7 Å². The van der Waals surface area contributed by atoms with Gasteiger partial charge in [-0.05, 0) is 36.8 Å². The number of anilines is 1. The first-order valence-corrected chi connectivity index (χ1v) is 9.56. The number of para-hydroxylation sites is 1. The lowest BCUT2D eigenvalue weighted by Gasteiger charge is -2.40. The highest BCUT2D eigenvalue weighted by molar-refractivity contribution is 6.07. The molecule has 6 rings (SSSR count). The van der Waals surface area contributed by atoms with Crippen LogP contribution in [0.1, 0.15) is 31.7 Å². The number of ether oxygens (including phenoxy) is 2. The summed E-state index contributed by atoms with van der Waals surface area (Å²) in [4.78, 5) is 19.0. The highest BCUT2D eigenvalue weighted by Crippen LogP contribution is 2.57. The second kappa shape index (κ2) is 5.52. The Morgan fingerprint density at radius 3 is 2.85 bits per heavy atom. The van der Waals surface area contributed by atoms with E-state index in [1.54, 1.807) is 0 Å². The molecule has 2 N–H and O–H groups in total. The summed E-state index contributed by atoms with van der Waals surface area (Å²) in [6.07, 6.45) is 2.19. The summed E-state index contributed by atoms with van der Waals surface area (Å²) in [6.45, 7) is 3.58. The van der Waals surface area contributed by atoms with E-state index in [2.05, 4.69) is 6.92 Å². The van der Waals surface area contributed by atoms with Gasteiger partial charge in [-0.2, -0.15) is 5.06 Å². The number of hydroxylamine groups is 1. The van der Waals surface area contributed by atoms with Gasteiger partial charge in [0.2, 0.25) is 0 Å². The molecule has 3 saturated heterocycles. The lowest BCUT2D eigenvalue weighted by Crippen LogP contribution is -2.51. The fourth-order valence-electron chi connectivity index (χ4n) is 5.74. The predicted octanol–water partition coefficient (Wildman–Crippen LogP) is 1.76. The number of epoxide rings is 1. The van der Waals surface area contributed by atoms with E-state index in [9.17, 15) is 4.79 Å². The van der Waals surface area contributed by atoms with Gasteiger partial charge in [-0.15, -0.1) is 0 Å². The minimum Gasteiger partial charge on any atom is -0.376 e. The molecule has 1 amide bonds. The predicted molar refractivity (Wildman–Crippen MR) is 95.5 cm³/mol. The molecule has 0 unspecified atom stereocenters. The molecule has 6 atom stereocenters. The van der Waals surface area contributed by atoms with Crippen LogP contribution < -0.4 is 10.8 Å². The number of amides is 1. The maximum absolute atomic E-state index is 13.5. The fraction of sp³-hybridized carbons (Fsp3) is 0.650. The van der Waals surface area contributed by atoms with Gasteiger partial charge in [-0.3, -0.25) is 9.63 Å². The molecular weight excluding hydrogens is 332 g/mol. The summed E-state index contributed by atoms with van der Waals surface area (Å²) < 4.78 is 12.2. The quantitative estimate of drug-likeness (QED) is 0.833. The van der Waals surface area contributed by atoms with Crippen molar-refractivity contribution in [3.05, 3.63) is 29.8 Å². The second-order valence-electron chi connectivity index (χ2n) is 8.17. The number of nitrogens with zero attached hydrogens (tertiary/aromatic N) is 1. The molecule has 1 saturated carbocycles. The Hall–Kier alpha value is -1.47. The van der Waals surface area contributed by atoms with Crippen molar-refractivity contribution in [1.29, 1.82) is 0 Å². The third-order valence-corrected chi connectivity index (χ3v) is 7.27. The molecule has 26 heavy (non-hydrogen) atoms. The molecule has 0 radical (unpaired) electrons. The van der Waals surface area contributed by atoms with Crippen LogP contribution in [-0.2, 0) is 24.5 Å². The van der Waals surface area contributed by atoms with Gasteiger partial charge in [0.05, 0.1) is 37.7 Å². The van der Waals surface area contributed by atoms with E-state index in [1.807, 2.05) is 24.3 Å². The molecule has 140 valence electrons. The Morgan fingerprint density at radius 1 is 1.38 bits per heavy atom. The van der Waals surface area contributed by atoms with Crippen molar-refractivity contribution in [2.75, 3.05) is 25.4 Å². The molecule has 1 aliphatic carbocycles. The Kier molecular flexibility index (Phi) is 3.54. The third kappa shape index (κ3) is 1.93. The Bertz CT molecular complexity index is 749. The average molecular weight is 358 g/mol. The van der Waals surface area contributed by atoms with Gasteiger partial charge in [0.15, 0.2) is 0 Å². The smallest absolute Gasteiger partial charge is 0.264 e. The van der Waals surface area contributed by atoms with Crippen molar-refractivity contribution >= 4 is 11.6 Å². The Labute approximate surface area is 153 Å². The summed E-state index contributed by atoms with van der Waals surface area (Å²) in [7, 11) is 1.54. The molecule has 1 aromatic carbocycles. The van der Waals surface area contributed by atoms with Crippen molar-refractivity contribution in [2.24, 2.45) is 17.6 Å². The first-order chi connectivity index (χ1) is 12.6. The molecule has 2 bridgehead atoms. The maximum atomic E-state index is 13.5. The first-order valence-electron chi connectivity index (χ1n) is 9.56. The largest absolute Gasteiger partial charge is 0.376 e. The van der Waals surface area contributed by atoms with Gasteiger partial charge < -0.3 is 15.2 Å². The summed E-state index contributed by atoms with van der Waals surface area (Å²) in [5.74, 6) is 0.520. The van der Waals surface area contributed by atoms with E-state index >= 15 is 0 Å². The molecule has 5 aliphatic rings. The molecule has 6 nitrogen and oxygen atoms in total. The normalized spacial score (nSPS) is 43.7. The van der Waals surface area contributed by atoms with Crippen molar-refractivity contribution in [2.45, 2.75) is 49.3 Å². The van der Waals surface area contributed by atoms with Crippen LogP contribution in [0.15, 0.2) is 24.3 Å². The van der Waals surface area contributed by atoms with Crippen molar-refractivity contribution < 1.29 is 19.1 Å².